The zero-order valence-corrected chi connectivity index (χ0v) is 8.50. The third-order valence-corrected chi connectivity index (χ3v) is 1.60. The van der Waals surface area contributed by atoms with Gasteiger partial charge in [0, 0.05) is 4.53 Å². The fourth-order valence-electron chi connectivity index (χ4n) is 0.997. The van der Waals surface area contributed by atoms with Gasteiger partial charge in [-0.2, -0.15) is 0 Å². The van der Waals surface area contributed by atoms with E-state index in [1.54, 1.807) is 12.2 Å². The fraction of sp³-hybridized carbons (Fsp3) is 0.500. The van der Waals surface area contributed by atoms with Crippen LogP contribution in [0.2, 0.25) is 0 Å². The molecule has 0 fully saturated rings. The van der Waals surface area contributed by atoms with Crippen molar-refractivity contribution in [3.05, 3.63) is 24.9 Å². The van der Waals surface area contributed by atoms with Gasteiger partial charge >= 0.3 is 5.97 Å². The molecule has 0 saturated carbocycles. The van der Waals surface area contributed by atoms with Crippen LogP contribution in [-0.2, 0) is 9.74 Å². The average Bonchev–Trinajstić information content (AvgIpc) is 2.15. The first-order valence-corrected chi connectivity index (χ1v) is 4.47. The molecule has 0 rings (SSSR count). The minimum absolute atomic E-state index is 0.281. The maximum absolute atomic E-state index is 11.7. The Hall–Kier alpha value is -1.32. The molecule has 0 aliphatic heterocycles. The minimum Gasteiger partial charge on any atom is -0.378 e. The van der Waals surface area contributed by atoms with Crippen LogP contribution in [-0.4, -0.2) is 12.0 Å². The Morgan fingerprint density at radius 3 is 2.71 bits per heavy atom. The van der Waals surface area contributed by atoms with Gasteiger partial charge < -0.3 is 5.32 Å². The second-order valence-electron chi connectivity index (χ2n) is 3.34. The van der Waals surface area contributed by atoms with Crippen LogP contribution in [0.4, 0.5) is 4.53 Å². The van der Waals surface area contributed by atoms with E-state index in [2.05, 4.69) is 16.8 Å². The molecule has 1 unspecified atom stereocenters. The van der Waals surface area contributed by atoms with Crippen LogP contribution >= 0.6 is 0 Å². The summed E-state index contributed by atoms with van der Waals surface area (Å²) < 4.78 is 11.7. The lowest BCUT2D eigenvalue weighted by molar-refractivity contribution is -0.186. The molecule has 0 saturated heterocycles. The van der Waals surface area contributed by atoms with Crippen LogP contribution in [0.15, 0.2) is 24.9 Å². The van der Waals surface area contributed by atoms with Crippen molar-refractivity contribution >= 4 is 5.97 Å². The predicted octanol–water partition coefficient (Wildman–Crippen LogP) is 2.12. The van der Waals surface area contributed by atoms with Gasteiger partial charge in [0.2, 0.25) is 0 Å². The Labute approximate surface area is 83.5 Å². The van der Waals surface area contributed by atoms with Crippen LogP contribution in [0, 0.1) is 5.92 Å². The van der Waals surface area contributed by atoms with Gasteiger partial charge in [0.15, 0.2) is 0 Å². The molecule has 0 aliphatic rings. The third-order valence-electron chi connectivity index (χ3n) is 1.60. The molecule has 14 heavy (non-hydrogen) atoms. The summed E-state index contributed by atoms with van der Waals surface area (Å²) in [7, 11) is 0. The molecule has 0 radical (unpaired) electrons. The van der Waals surface area contributed by atoms with Crippen molar-refractivity contribution in [1.29, 1.82) is 0 Å². The summed E-state index contributed by atoms with van der Waals surface area (Å²) in [6.07, 6.45) is 5.24. The Bertz CT molecular complexity index is 214. The second kappa shape index (κ2) is 7.12. The zero-order chi connectivity index (χ0) is 11.0. The van der Waals surface area contributed by atoms with Gasteiger partial charge in [-0.05, 0) is 24.6 Å². The maximum Gasteiger partial charge on any atom is 0.370 e. The molecule has 80 valence electrons. The highest BCUT2D eigenvalue weighted by Crippen LogP contribution is 2.06. The number of carbonyl (C=O) groups is 1. The highest BCUT2D eigenvalue weighted by atomic mass is 19.3. The van der Waals surface area contributed by atoms with E-state index in [0.717, 1.165) is 0 Å². The molecule has 3 nitrogen and oxygen atoms in total. The molecule has 0 aromatic carbocycles. The number of allylic oxidation sites excluding steroid dienone is 2. The highest BCUT2D eigenvalue weighted by Gasteiger charge is 2.20. The van der Waals surface area contributed by atoms with Gasteiger partial charge in [0.1, 0.15) is 6.04 Å². The molecule has 0 bridgehead atoms. The van der Waals surface area contributed by atoms with Gasteiger partial charge in [-0.25, -0.2) is 4.79 Å². The van der Waals surface area contributed by atoms with Crippen molar-refractivity contribution in [3.63, 3.8) is 0 Å². The van der Waals surface area contributed by atoms with Crippen molar-refractivity contribution in [3.8, 4) is 0 Å². The van der Waals surface area contributed by atoms with Gasteiger partial charge in [0.05, 0.1) is 0 Å². The standard InChI is InChI=1S/C10H16FNO2/c1-4-5-6-12-9(7-8(2)3)10(13)14-11/h4-6,8-9,12H,1,7H2,2-3H3/b6-5-. The molecule has 0 aromatic heterocycles. The zero-order valence-electron chi connectivity index (χ0n) is 8.50. The van der Waals surface area contributed by atoms with Gasteiger partial charge in [-0.1, -0.05) is 26.5 Å². The molecule has 0 amide bonds. The molecular formula is C10H16FNO2. The number of carbonyl (C=O) groups excluding carboxylic acids is 1. The number of hydrogen-bond acceptors (Lipinski definition) is 3. The highest BCUT2D eigenvalue weighted by molar-refractivity contribution is 5.75. The van der Waals surface area contributed by atoms with Crippen LogP contribution in [0.1, 0.15) is 20.3 Å². The van der Waals surface area contributed by atoms with Gasteiger partial charge in [-0.15, -0.1) is 0 Å². The van der Waals surface area contributed by atoms with E-state index in [1.165, 1.54) is 6.20 Å². The van der Waals surface area contributed by atoms with E-state index >= 15 is 0 Å². The van der Waals surface area contributed by atoms with E-state index in [-0.39, 0.29) is 5.92 Å². The lowest BCUT2D eigenvalue weighted by Crippen LogP contribution is -2.34. The predicted molar refractivity (Wildman–Crippen MR) is 52.9 cm³/mol. The lowest BCUT2D eigenvalue weighted by atomic mass is 10.0. The van der Waals surface area contributed by atoms with Crippen molar-refractivity contribution in [2.45, 2.75) is 26.3 Å². The molecule has 0 heterocycles. The molecule has 1 atom stereocenters. The molecule has 1 N–H and O–H groups in total. The maximum atomic E-state index is 11.7. The Morgan fingerprint density at radius 1 is 1.64 bits per heavy atom. The lowest BCUT2D eigenvalue weighted by Gasteiger charge is -2.14. The van der Waals surface area contributed by atoms with Crippen LogP contribution in [0.5, 0.6) is 0 Å². The van der Waals surface area contributed by atoms with Gasteiger partial charge in [-0.3, -0.25) is 4.94 Å². The topological polar surface area (TPSA) is 38.3 Å². The second-order valence-corrected chi connectivity index (χ2v) is 3.34. The molecule has 0 spiro atoms. The third kappa shape index (κ3) is 5.35. The quantitative estimate of drug-likeness (QED) is 0.669. The van der Waals surface area contributed by atoms with Gasteiger partial charge in [0.25, 0.3) is 0 Å². The number of nitrogens with one attached hydrogen (secondary N) is 1. The van der Waals surface area contributed by atoms with Crippen LogP contribution < -0.4 is 5.32 Å². The summed E-state index contributed by atoms with van der Waals surface area (Å²) in [5, 5.41) is 2.74. The smallest absolute Gasteiger partial charge is 0.370 e. The summed E-state index contributed by atoms with van der Waals surface area (Å²) in [6.45, 7) is 7.35. The fourth-order valence-corrected chi connectivity index (χ4v) is 0.997. The van der Waals surface area contributed by atoms with E-state index < -0.39 is 12.0 Å². The molecule has 0 aromatic rings. The normalized spacial score (nSPS) is 12.9. The molecular weight excluding hydrogens is 185 g/mol. The van der Waals surface area contributed by atoms with Crippen molar-refractivity contribution < 1.29 is 14.3 Å². The van der Waals surface area contributed by atoms with Crippen LogP contribution in [0.25, 0.3) is 0 Å². The minimum atomic E-state index is -0.896. The largest absolute Gasteiger partial charge is 0.378 e. The number of hydrogen-bond donors (Lipinski definition) is 1. The molecule has 4 heteroatoms. The summed E-state index contributed by atoms with van der Waals surface area (Å²) in [5.41, 5.74) is 0. The summed E-state index contributed by atoms with van der Waals surface area (Å²) in [5.74, 6) is -0.615. The van der Waals surface area contributed by atoms with Crippen molar-refractivity contribution in [2.75, 3.05) is 0 Å². The first-order chi connectivity index (χ1) is 6.61. The monoisotopic (exact) mass is 201 g/mol. The van der Waals surface area contributed by atoms with Crippen molar-refractivity contribution in [2.24, 2.45) is 5.92 Å². The SMILES string of the molecule is C=C/C=C\NC(CC(C)C)C(=O)OF. The van der Waals surface area contributed by atoms with E-state index in [4.69, 9.17) is 0 Å². The summed E-state index contributed by atoms with van der Waals surface area (Å²) >= 11 is 0. The first-order valence-electron chi connectivity index (χ1n) is 4.47. The summed E-state index contributed by atoms with van der Waals surface area (Å²) in [4.78, 5) is 14.1. The molecule has 0 aliphatic carbocycles. The summed E-state index contributed by atoms with van der Waals surface area (Å²) in [6, 6.07) is -0.642. The average molecular weight is 201 g/mol. The Morgan fingerprint density at radius 2 is 2.29 bits per heavy atom. The van der Waals surface area contributed by atoms with Crippen molar-refractivity contribution in [1.82, 2.24) is 5.32 Å². The Balaban J connectivity index is 4.16. The number of halogens is 1. The first kappa shape index (κ1) is 12.7. The number of rotatable bonds is 6. The van der Waals surface area contributed by atoms with E-state index in [0.29, 0.717) is 6.42 Å². The van der Waals surface area contributed by atoms with E-state index in [1.807, 2.05) is 13.8 Å². The van der Waals surface area contributed by atoms with E-state index in [9.17, 15) is 9.32 Å². The van der Waals surface area contributed by atoms with Crippen LogP contribution in [0.3, 0.4) is 0 Å². The Kier molecular flexibility index (Phi) is 6.45.